The Morgan fingerprint density at radius 3 is 2.57 bits per heavy atom. The average Bonchev–Trinajstić information content (AvgIpc) is 3.34. The van der Waals surface area contributed by atoms with Crippen molar-refractivity contribution >= 4 is 0 Å². The van der Waals surface area contributed by atoms with Gasteiger partial charge in [0, 0.05) is 6.61 Å². The minimum atomic E-state index is 0.198. The highest BCUT2D eigenvalue weighted by atomic mass is 16.5. The Morgan fingerprint density at radius 2 is 1.95 bits per heavy atom. The molecular weight excluding hydrogens is 266 g/mol. The molecule has 1 fully saturated rings. The fourth-order valence-corrected chi connectivity index (χ4v) is 2.30. The zero-order valence-electron chi connectivity index (χ0n) is 13.4. The van der Waals surface area contributed by atoms with E-state index in [4.69, 9.17) is 14.2 Å². The second kappa shape index (κ2) is 8.25. The van der Waals surface area contributed by atoms with E-state index < -0.39 is 0 Å². The molecule has 1 N–H and O–H groups in total. The SMILES string of the molecule is CCCNC(COCC1CC1)c1ccc(OC)c(OC)c1. The molecule has 1 atom stereocenters. The number of methoxy groups -OCH3 is 2. The summed E-state index contributed by atoms with van der Waals surface area (Å²) >= 11 is 0. The molecule has 0 aromatic heterocycles. The summed E-state index contributed by atoms with van der Waals surface area (Å²) in [6, 6.07) is 6.26. The maximum atomic E-state index is 5.87. The van der Waals surface area contributed by atoms with E-state index in [0.29, 0.717) is 6.61 Å². The highest BCUT2D eigenvalue weighted by molar-refractivity contribution is 5.43. The monoisotopic (exact) mass is 293 g/mol. The molecule has 21 heavy (non-hydrogen) atoms. The predicted molar refractivity (Wildman–Crippen MR) is 84.1 cm³/mol. The summed E-state index contributed by atoms with van der Waals surface area (Å²) in [5.74, 6) is 2.32. The molecular formula is C17H27NO3. The van der Waals surface area contributed by atoms with Gasteiger partial charge >= 0.3 is 0 Å². The Labute approximate surface area is 127 Å². The average molecular weight is 293 g/mol. The molecule has 0 bridgehead atoms. The zero-order chi connectivity index (χ0) is 15.1. The largest absolute Gasteiger partial charge is 0.493 e. The van der Waals surface area contributed by atoms with E-state index in [1.54, 1.807) is 14.2 Å². The predicted octanol–water partition coefficient (Wildman–Crippen LogP) is 3.17. The maximum absolute atomic E-state index is 5.87. The normalized spacial score (nSPS) is 15.8. The highest BCUT2D eigenvalue weighted by Crippen LogP contribution is 2.31. The van der Waals surface area contributed by atoms with Crippen LogP contribution in [-0.2, 0) is 4.74 Å². The molecule has 4 heteroatoms. The smallest absolute Gasteiger partial charge is 0.161 e. The zero-order valence-corrected chi connectivity index (χ0v) is 13.4. The van der Waals surface area contributed by atoms with E-state index in [9.17, 15) is 0 Å². The van der Waals surface area contributed by atoms with E-state index in [1.165, 1.54) is 18.4 Å². The van der Waals surface area contributed by atoms with Gasteiger partial charge < -0.3 is 19.5 Å². The summed E-state index contributed by atoms with van der Waals surface area (Å²) in [4.78, 5) is 0. The first-order valence-corrected chi connectivity index (χ1v) is 7.81. The molecule has 0 radical (unpaired) electrons. The number of benzene rings is 1. The van der Waals surface area contributed by atoms with Crippen LogP contribution in [0.1, 0.15) is 37.8 Å². The maximum Gasteiger partial charge on any atom is 0.161 e. The Bertz CT molecular complexity index is 432. The third-order valence-corrected chi connectivity index (χ3v) is 3.79. The lowest BCUT2D eigenvalue weighted by atomic mass is 10.1. The Kier molecular flexibility index (Phi) is 6.33. The lowest BCUT2D eigenvalue weighted by Crippen LogP contribution is -2.26. The van der Waals surface area contributed by atoms with Gasteiger partial charge in [-0.15, -0.1) is 0 Å². The number of hydrogen-bond donors (Lipinski definition) is 1. The number of rotatable bonds is 10. The van der Waals surface area contributed by atoms with Crippen LogP contribution in [0.25, 0.3) is 0 Å². The Hall–Kier alpha value is -1.26. The van der Waals surface area contributed by atoms with Gasteiger partial charge in [0.05, 0.1) is 26.9 Å². The molecule has 0 aliphatic heterocycles. The van der Waals surface area contributed by atoms with Crippen LogP contribution in [0.4, 0.5) is 0 Å². The first kappa shape index (κ1) is 16.1. The van der Waals surface area contributed by atoms with Crippen LogP contribution in [0.15, 0.2) is 18.2 Å². The highest BCUT2D eigenvalue weighted by Gasteiger charge is 2.22. The van der Waals surface area contributed by atoms with Crippen LogP contribution in [-0.4, -0.2) is 34.0 Å². The van der Waals surface area contributed by atoms with Gasteiger partial charge in [0.25, 0.3) is 0 Å². The molecule has 4 nitrogen and oxygen atoms in total. The van der Waals surface area contributed by atoms with Crippen LogP contribution < -0.4 is 14.8 Å². The minimum Gasteiger partial charge on any atom is -0.493 e. The van der Waals surface area contributed by atoms with Gasteiger partial charge in [0.15, 0.2) is 11.5 Å². The Balaban J connectivity index is 2.02. The van der Waals surface area contributed by atoms with Gasteiger partial charge in [-0.2, -0.15) is 0 Å². The summed E-state index contributed by atoms with van der Waals surface area (Å²) in [5.41, 5.74) is 1.18. The molecule has 1 unspecified atom stereocenters. The molecule has 0 spiro atoms. The standard InChI is InChI=1S/C17H27NO3/c1-4-9-18-15(12-21-11-13-5-6-13)14-7-8-16(19-2)17(10-14)20-3/h7-8,10,13,15,18H,4-6,9,11-12H2,1-3H3. The lowest BCUT2D eigenvalue weighted by Gasteiger charge is -2.20. The van der Waals surface area contributed by atoms with Crippen LogP contribution in [0, 0.1) is 5.92 Å². The summed E-state index contributed by atoms with van der Waals surface area (Å²) in [7, 11) is 3.32. The van der Waals surface area contributed by atoms with Gasteiger partial charge in [-0.05, 0) is 49.4 Å². The van der Waals surface area contributed by atoms with Gasteiger partial charge in [-0.25, -0.2) is 0 Å². The van der Waals surface area contributed by atoms with E-state index in [1.807, 2.05) is 12.1 Å². The van der Waals surface area contributed by atoms with E-state index in [2.05, 4.69) is 18.3 Å². The van der Waals surface area contributed by atoms with Gasteiger partial charge in [-0.3, -0.25) is 0 Å². The van der Waals surface area contributed by atoms with Crippen LogP contribution in [0.3, 0.4) is 0 Å². The molecule has 0 saturated heterocycles. The molecule has 1 aromatic carbocycles. The lowest BCUT2D eigenvalue weighted by molar-refractivity contribution is 0.103. The van der Waals surface area contributed by atoms with Crippen molar-refractivity contribution in [1.29, 1.82) is 0 Å². The van der Waals surface area contributed by atoms with Gasteiger partial charge in [0.1, 0.15) is 0 Å². The molecule has 118 valence electrons. The third kappa shape index (κ3) is 4.90. The second-order valence-electron chi connectivity index (χ2n) is 5.60. The third-order valence-electron chi connectivity index (χ3n) is 3.79. The van der Waals surface area contributed by atoms with Crippen LogP contribution in [0.5, 0.6) is 11.5 Å². The van der Waals surface area contributed by atoms with E-state index in [-0.39, 0.29) is 6.04 Å². The molecule has 1 aliphatic carbocycles. The summed E-state index contributed by atoms with van der Waals surface area (Å²) in [6.45, 7) is 4.74. The summed E-state index contributed by atoms with van der Waals surface area (Å²) in [6.07, 6.45) is 3.75. The Morgan fingerprint density at radius 1 is 1.19 bits per heavy atom. The van der Waals surface area contributed by atoms with Crippen molar-refractivity contribution in [3.05, 3.63) is 23.8 Å². The van der Waals surface area contributed by atoms with Crippen molar-refractivity contribution < 1.29 is 14.2 Å². The van der Waals surface area contributed by atoms with E-state index >= 15 is 0 Å². The van der Waals surface area contributed by atoms with Crippen molar-refractivity contribution in [3.63, 3.8) is 0 Å². The van der Waals surface area contributed by atoms with Crippen molar-refractivity contribution in [2.24, 2.45) is 5.92 Å². The van der Waals surface area contributed by atoms with E-state index in [0.717, 1.165) is 37.0 Å². The number of nitrogens with one attached hydrogen (secondary N) is 1. The fourth-order valence-electron chi connectivity index (χ4n) is 2.30. The van der Waals surface area contributed by atoms with Crippen molar-refractivity contribution in [3.8, 4) is 11.5 Å². The minimum absolute atomic E-state index is 0.198. The molecule has 1 saturated carbocycles. The fraction of sp³-hybridized carbons (Fsp3) is 0.647. The van der Waals surface area contributed by atoms with Crippen molar-refractivity contribution in [2.75, 3.05) is 34.0 Å². The van der Waals surface area contributed by atoms with Crippen LogP contribution >= 0.6 is 0 Å². The molecule has 1 aliphatic rings. The quantitative estimate of drug-likeness (QED) is 0.719. The molecule has 1 aromatic rings. The van der Waals surface area contributed by atoms with Crippen molar-refractivity contribution in [2.45, 2.75) is 32.2 Å². The van der Waals surface area contributed by atoms with Crippen LogP contribution in [0.2, 0.25) is 0 Å². The molecule has 0 heterocycles. The number of ether oxygens (including phenoxy) is 3. The topological polar surface area (TPSA) is 39.7 Å². The summed E-state index contributed by atoms with van der Waals surface area (Å²) < 4.78 is 16.6. The van der Waals surface area contributed by atoms with Crippen molar-refractivity contribution in [1.82, 2.24) is 5.32 Å². The molecule has 0 amide bonds. The second-order valence-corrected chi connectivity index (χ2v) is 5.60. The first-order valence-electron chi connectivity index (χ1n) is 7.81. The van der Waals surface area contributed by atoms with Gasteiger partial charge in [-0.1, -0.05) is 13.0 Å². The number of hydrogen-bond acceptors (Lipinski definition) is 4. The van der Waals surface area contributed by atoms with Gasteiger partial charge in [0.2, 0.25) is 0 Å². The summed E-state index contributed by atoms with van der Waals surface area (Å²) in [5, 5.41) is 3.55. The molecule has 2 rings (SSSR count). The first-order chi connectivity index (χ1) is 10.3.